The molecule has 0 N–H and O–H groups in total. The van der Waals surface area contributed by atoms with E-state index in [1.807, 2.05) is 0 Å². The van der Waals surface area contributed by atoms with Crippen molar-refractivity contribution < 1.29 is 4.79 Å². The minimum Gasteiger partial charge on any atom is -0.277 e. The minimum atomic E-state index is -0.594. The summed E-state index contributed by atoms with van der Waals surface area (Å²) in [7, 11) is 0. The Kier molecular flexibility index (Phi) is 2.47. The van der Waals surface area contributed by atoms with Crippen LogP contribution in [0, 0.1) is 18.3 Å². The van der Waals surface area contributed by atoms with Gasteiger partial charge in [-0.25, -0.2) is 0 Å². The van der Waals surface area contributed by atoms with Gasteiger partial charge < -0.3 is 0 Å². The summed E-state index contributed by atoms with van der Waals surface area (Å²) in [5.74, 6) is -0.594. The van der Waals surface area contributed by atoms with Gasteiger partial charge in [0.15, 0.2) is 0 Å². The number of nitrogens with zero attached hydrogens (tertiary/aromatic N) is 1. The van der Waals surface area contributed by atoms with Crippen LogP contribution in [0.2, 0.25) is 5.02 Å². The molecule has 0 aromatic heterocycles. The highest BCUT2D eigenvalue weighted by Gasteiger charge is 2.09. The lowest BCUT2D eigenvalue weighted by Gasteiger charge is -1.99. The third-order valence-corrected chi connectivity index (χ3v) is 2.04. The number of hydrogen-bond acceptors (Lipinski definition) is 2. The Bertz CT molecular complexity index is 365. The SMILES string of the molecule is Cc1cccc(C(=O)C#N)c1Cl. The quantitative estimate of drug-likeness (QED) is 0.491. The molecule has 0 spiro atoms. The average molecular weight is 180 g/mol. The molecule has 0 bridgehead atoms. The van der Waals surface area contributed by atoms with E-state index in [9.17, 15) is 4.79 Å². The fourth-order valence-electron chi connectivity index (χ4n) is 0.883. The van der Waals surface area contributed by atoms with Crippen LogP contribution in [0.4, 0.5) is 0 Å². The lowest BCUT2D eigenvalue weighted by atomic mass is 10.1. The molecular formula is C9H6ClNO. The lowest BCUT2D eigenvalue weighted by Crippen LogP contribution is -1.96. The molecule has 60 valence electrons. The largest absolute Gasteiger partial charge is 0.277 e. The Morgan fingerprint density at radius 1 is 1.58 bits per heavy atom. The Labute approximate surface area is 75.4 Å². The Hall–Kier alpha value is -1.33. The number of hydrogen-bond donors (Lipinski definition) is 0. The van der Waals surface area contributed by atoms with Crippen molar-refractivity contribution in [3.05, 3.63) is 34.3 Å². The van der Waals surface area contributed by atoms with Crippen LogP contribution in [0.15, 0.2) is 18.2 Å². The van der Waals surface area contributed by atoms with Gasteiger partial charge in [-0.1, -0.05) is 23.7 Å². The number of ketones is 1. The van der Waals surface area contributed by atoms with Crippen LogP contribution in [0.25, 0.3) is 0 Å². The molecule has 1 aromatic rings. The normalized spacial score (nSPS) is 9.08. The number of carbonyl (C=O) groups excluding carboxylic acids is 1. The van der Waals surface area contributed by atoms with Crippen LogP contribution in [0.5, 0.6) is 0 Å². The first kappa shape index (κ1) is 8.76. The molecule has 0 saturated carbocycles. The number of rotatable bonds is 1. The molecule has 0 amide bonds. The molecule has 12 heavy (non-hydrogen) atoms. The zero-order chi connectivity index (χ0) is 9.14. The zero-order valence-corrected chi connectivity index (χ0v) is 7.22. The van der Waals surface area contributed by atoms with E-state index in [4.69, 9.17) is 16.9 Å². The second-order valence-corrected chi connectivity index (χ2v) is 2.76. The summed E-state index contributed by atoms with van der Waals surface area (Å²) < 4.78 is 0. The highest BCUT2D eigenvalue weighted by molar-refractivity contribution is 6.35. The Morgan fingerprint density at radius 3 is 2.83 bits per heavy atom. The van der Waals surface area contributed by atoms with Crippen LogP contribution in [-0.4, -0.2) is 5.78 Å². The Morgan fingerprint density at radius 2 is 2.25 bits per heavy atom. The van der Waals surface area contributed by atoms with Crippen LogP contribution in [0.1, 0.15) is 15.9 Å². The summed E-state index contributed by atoms with van der Waals surface area (Å²) >= 11 is 5.79. The number of aryl methyl sites for hydroxylation is 1. The molecule has 0 aliphatic carbocycles. The van der Waals surface area contributed by atoms with Crippen molar-refractivity contribution in [2.24, 2.45) is 0 Å². The molecule has 0 aliphatic heterocycles. The third kappa shape index (κ3) is 1.46. The van der Waals surface area contributed by atoms with E-state index in [0.29, 0.717) is 5.02 Å². The maximum Gasteiger partial charge on any atom is 0.263 e. The smallest absolute Gasteiger partial charge is 0.263 e. The van der Waals surface area contributed by atoms with Gasteiger partial charge in [0.1, 0.15) is 6.07 Å². The van der Waals surface area contributed by atoms with Gasteiger partial charge >= 0.3 is 0 Å². The van der Waals surface area contributed by atoms with Crippen molar-refractivity contribution in [3.63, 3.8) is 0 Å². The van der Waals surface area contributed by atoms with E-state index in [-0.39, 0.29) is 5.56 Å². The van der Waals surface area contributed by atoms with E-state index in [1.54, 1.807) is 25.1 Å². The molecule has 2 nitrogen and oxygen atoms in total. The second-order valence-electron chi connectivity index (χ2n) is 2.38. The van der Waals surface area contributed by atoms with Crippen LogP contribution in [-0.2, 0) is 0 Å². The van der Waals surface area contributed by atoms with Gasteiger partial charge in [0, 0.05) is 0 Å². The Balaban J connectivity index is 3.28. The molecule has 0 aliphatic rings. The first-order valence-corrected chi connectivity index (χ1v) is 3.74. The molecule has 0 saturated heterocycles. The molecule has 3 heteroatoms. The first-order valence-electron chi connectivity index (χ1n) is 3.36. The van der Waals surface area contributed by atoms with Gasteiger partial charge in [-0.15, -0.1) is 0 Å². The highest BCUT2D eigenvalue weighted by atomic mass is 35.5. The summed E-state index contributed by atoms with van der Waals surface area (Å²) in [6, 6.07) is 6.56. The van der Waals surface area contributed by atoms with Gasteiger partial charge in [0.05, 0.1) is 10.6 Å². The molecular weight excluding hydrogens is 174 g/mol. The van der Waals surface area contributed by atoms with Crippen molar-refractivity contribution in [1.29, 1.82) is 5.26 Å². The number of halogens is 1. The third-order valence-electron chi connectivity index (χ3n) is 1.54. The van der Waals surface area contributed by atoms with E-state index >= 15 is 0 Å². The molecule has 0 heterocycles. The van der Waals surface area contributed by atoms with Gasteiger partial charge in [-0.05, 0) is 18.6 Å². The number of nitriles is 1. The predicted molar refractivity (Wildman–Crippen MR) is 46.1 cm³/mol. The monoisotopic (exact) mass is 179 g/mol. The lowest BCUT2D eigenvalue weighted by molar-refractivity contribution is 0.105. The van der Waals surface area contributed by atoms with Gasteiger partial charge in [-0.3, -0.25) is 4.79 Å². The highest BCUT2D eigenvalue weighted by Crippen LogP contribution is 2.20. The number of benzene rings is 1. The van der Waals surface area contributed by atoms with Crippen LogP contribution < -0.4 is 0 Å². The summed E-state index contributed by atoms with van der Waals surface area (Å²) in [5, 5.41) is 8.71. The molecule has 0 fully saturated rings. The van der Waals surface area contributed by atoms with Crippen LogP contribution in [0.3, 0.4) is 0 Å². The van der Waals surface area contributed by atoms with Crippen molar-refractivity contribution in [1.82, 2.24) is 0 Å². The molecule has 1 rings (SSSR count). The zero-order valence-electron chi connectivity index (χ0n) is 6.47. The average Bonchev–Trinajstić information content (AvgIpc) is 2.08. The van der Waals surface area contributed by atoms with E-state index < -0.39 is 5.78 Å². The van der Waals surface area contributed by atoms with Crippen molar-refractivity contribution >= 4 is 17.4 Å². The topological polar surface area (TPSA) is 40.9 Å². The molecule has 0 atom stereocenters. The molecule has 0 radical (unpaired) electrons. The fourth-order valence-corrected chi connectivity index (χ4v) is 1.09. The van der Waals surface area contributed by atoms with Gasteiger partial charge in [0.2, 0.25) is 0 Å². The van der Waals surface area contributed by atoms with Crippen molar-refractivity contribution in [2.45, 2.75) is 6.92 Å². The van der Waals surface area contributed by atoms with Crippen molar-refractivity contribution in [3.8, 4) is 6.07 Å². The summed E-state index contributed by atoms with van der Waals surface area (Å²) in [6.07, 6.45) is 0. The number of Topliss-reactive ketones (excluding diaryl/α,β-unsaturated/α-hetero) is 1. The van der Waals surface area contributed by atoms with Crippen molar-refractivity contribution in [2.75, 3.05) is 0 Å². The van der Waals surface area contributed by atoms with Crippen LogP contribution >= 0.6 is 11.6 Å². The summed E-state index contributed by atoms with van der Waals surface area (Å²) in [4.78, 5) is 10.9. The maximum atomic E-state index is 10.9. The molecule has 1 aromatic carbocycles. The van der Waals surface area contributed by atoms with Gasteiger partial charge in [-0.2, -0.15) is 5.26 Å². The molecule has 0 unspecified atom stereocenters. The van der Waals surface area contributed by atoms with E-state index in [1.165, 1.54) is 6.07 Å². The second kappa shape index (κ2) is 3.38. The predicted octanol–water partition coefficient (Wildman–Crippen LogP) is 2.35. The van der Waals surface area contributed by atoms with E-state index in [0.717, 1.165) is 5.56 Å². The van der Waals surface area contributed by atoms with Gasteiger partial charge in [0.25, 0.3) is 5.78 Å². The van der Waals surface area contributed by atoms with E-state index in [2.05, 4.69) is 0 Å². The number of carbonyl (C=O) groups is 1. The summed E-state index contributed by atoms with van der Waals surface area (Å²) in [5.41, 5.74) is 1.08. The fraction of sp³-hybridized carbons (Fsp3) is 0.111. The maximum absolute atomic E-state index is 10.9. The minimum absolute atomic E-state index is 0.277. The summed E-state index contributed by atoms with van der Waals surface area (Å²) in [6.45, 7) is 1.79. The first-order chi connectivity index (χ1) is 5.66. The standard InChI is InChI=1S/C9H6ClNO/c1-6-3-2-4-7(9(6)10)8(12)5-11/h2-4H,1H3.